The number of nitrogen functional groups attached to an aromatic ring is 1. The lowest BCUT2D eigenvalue weighted by atomic mass is 10.1. The Bertz CT molecular complexity index is 993. The van der Waals surface area contributed by atoms with Crippen LogP contribution in [-0.2, 0) is 11.3 Å². The molecule has 0 saturated carbocycles. The van der Waals surface area contributed by atoms with Gasteiger partial charge in [0.1, 0.15) is 18.3 Å². The second-order valence-electron chi connectivity index (χ2n) is 7.56. The molecule has 4 heterocycles. The molecule has 0 radical (unpaired) electrons. The molecule has 2 fully saturated rings. The van der Waals surface area contributed by atoms with Crippen molar-refractivity contribution >= 4 is 17.1 Å². The molecule has 6 N–H and O–H groups in total. The molecule has 2 saturated heterocycles. The van der Waals surface area contributed by atoms with E-state index in [2.05, 4.69) is 14.9 Å². The lowest BCUT2D eigenvalue weighted by Crippen LogP contribution is -2.38. The van der Waals surface area contributed by atoms with Gasteiger partial charge in [-0.05, 0) is 25.9 Å². The maximum Gasteiger partial charge on any atom is 0.332 e. The molecule has 0 aliphatic carbocycles. The second-order valence-corrected chi connectivity index (χ2v) is 7.56. The number of ether oxygens (including phenoxy) is 1. The van der Waals surface area contributed by atoms with Gasteiger partial charge in [-0.1, -0.05) is 6.42 Å². The van der Waals surface area contributed by atoms with Crippen LogP contribution >= 0.6 is 0 Å². The van der Waals surface area contributed by atoms with Gasteiger partial charge in [0.05, 0.1) is 6.61 Å². The van der Waals surface area contributed by atoms with E-state index in [0.717, 1.165) is 30.5 Å². The zero-order valence-electron chi connectivity index (χ0n) is 15.9. The Morgan fingerprint density at radius 2 is 1.86 bits per heavy atom. The number of rotatable bonds is 5. The average Bonchev–Trinajstić information content (AvgIpc) is 3.14. The number of hydrogen-bond acceptors (Lipinski definition) is 9. The van der Waals surface area contributed by atoms with Gasteiger partial charge in [0.15, 0.2) is 17.4 Å². The number of aliphatic hydroxyl groups is 3. The molecular weight excluding hydrogens is 384 g/mol. The third kappa shape index (κ3) is 3.46. The van der Waals surface area contributed by atoms with E-state index in [1.807, 2.05) is 0 Å². The first-order valence-corrected chi connectivity index (χ1v) is 9.77. The number of anilines is 1. The van der Waals surface area contributed by atoms with E-state index < -0.39 is 42.4 Å². The smallest absolute Gasteiger partial charge is 0.332 e. The number of H-pyrrole nitrogens is 1. The van der Waals surface area contributed by atoms with Gasteiger partial charge in [-0.2, -0.15) is 4.98 Å². The topological polar surface area (TPSA) is 172 Å². The van der Waals surface area contributed by atoms with Crippen molar-refractivity contribution in [2.24, 2.45) is 0 Å². The minimum Gasteiger partial charge on any atom is -0.394 e. The van der Waals surface area contributed by atoms with E-state index in [9.17, 15) is 24.9 Å². The zero-order chi connectivity index (χ0) is 20.7. The maximum atomic E-state index is 13.2. The summed E-state index contributed by atoms with van der Waals surface area (Å²) in [6.45, 7) is 2.17. The number of aliphatic hydroxyl groups excluding tert-OH is 3. The number of nitrogens with two attached hydrogens (primary N) is 1. The van der Waals surface area contributed by atoms with Crippen molar-refractivity contribution in [2.75, 3.05) is 32.0 Å². The number of nitrogens with zero attached hydrogens (tertiary/aromatic N) is 4. The molecule has 0 amide bonds. The molecule has 0 bridgehead atoms. The number of hydrogen-bond donors (Lipinski definition) is 5. The van der Waals surface area contributed by atoms with Crippen LogP contribution < -0.4 is 17.0 Å². The molecule has 4 atom stereocenters. The summed E-state index contributed by atoms with van der Waals surface area (Å²) in [4.78, 5) is 34.5. The van der Waals surface area contributed by atoms with Gasteiger partial charge in [-0.15, -0.1) is 0 Å². The number of fused-ring (bicyclic) bond motifs is 1. The maximum absolute atomic E-state index is 13.2. The van der Waals surface area contributed by atoms with E-state index in [4.69, 9.17) is 10.5 Å². The molecule has 0 unspecified atom stereocenters. The van der Waals surface area contributed by atoms with Crippen LogP contribution in [0.25, 0.3) is 11.2 Å². The van der Waals surface area contributed by atoms with E-state index in [1.165, 1.54) is 11.0 Å². The van der Waals surface area contributed by atoms with E-state index >= 15 is 0 Å². The van der Waals surface area contributed by atoms with E-state index in [0.29, 0.717) is 6.54 Å². The number of imidazole rings is 1. The first kappa shape index (κ1) is 20.0. The Morgan fingerprint density at radius 3 is 2.52 bits per heavy atom. The van der Waals surface area contributed by atoms with Crippen molar-refractivity contribution in [3.05, 3.63) is 20.8 Å². The monoisotopic (exact) mass is 410 g/mol. The molecule has 12 nitrogen and oxygen atoms in total. The highest BCUT2D eigenvalue weighted by Gasteiger charge is 2.45. The molecule has 2 aromatic heterocycles. The number of piperidine rings is 1. The van der Waals surface area contributed by atoms with Crippen LogP contribution in [0.4, 0.5) is 5.95 Å². The van der Waals surface area contributed by atoms with Gasteiger partial charge in [-0.3, -0.25) is 14.3 Å². The highest BCUT2D eigenvalue weighted by atomic mass is 16.6. The van der Waals surface area contributed by atoms with Crippen LogP contribution in [-0.4, -0.2) is 83.9 Å². The number of aromatic amines is 1. The summed E-state index contributed by atoms with van der Waals surface area (Å²) < 4.78 is 7.82. The molecule has 160 valence electrons. The summed E-state index contributed by atoms with van der Waals surface area (Å²) in [6, 6.07) is 0. The quantitative estimate of drug-likeness (QED) is 0.359. The Labute approximate surface area is 165 Å². The third-order valence-corrected chi connectivity index (χ3v) is 5.69. The fourth-order valence-electron chi connectivity index (χ4n) is 4.15. The van der Waals surface area contributed by atoms with Crippen LogP contribution in [0.2, 0.25) is 0 Å². The minimum atomic E-state index is -1.48. The number of likely N-dealkylation sites (tertiary alicyclic amines) is 1. The van der Waals surface area contributed by atoms with Crippen LogP contribution in [0.3, 0.4) is 0 Å². The summed E-state index contributed by atoms with van der Waals surface area (Å²) in [5.74, 6) is -0.184. The Balaban J connectivity index is 1.77. The fourth-order valence-corrected chi connectivity index (χ4v) is 4.15. The van der Waals surface area contributed by atoms with Gasteiger partial charge in [0.25, 0.3) is 5.56 Å². The molecule has 4 rings (SSSR count). The Kier molecular flexibility index (Phi) is 5.44. The highest BCUT2D eigenvalue weighted by Crippen LogP contribution is 2.30. The lowest BCUT2D eigenvalue weighted by molar-refractivity contribution is -0.0528. The third-order valence-electron chi connectivity index (χ3n) is 5.69. The van der Waals surface area contributed by atoms with Crippen LogP contribution in [0, 0.1) is 0 Å². The molecule has 0 aromatic carbocycles. The van der Waals surface area contributed by atoms with Crippen molar-refractivity contribution < 1.29 is 20.1 Å². The molecular formula is C17H26N6O6. The normalized spacial score (nSPS) is 28.4. The second kappa shape index (κ2) is 7.88. The van der Waals surface area contributed by atoms with Crippen LogP contribution in [0.15, 0.2) is 9.59 Å². The molecule has 12 heteroatoms. The first-order valence-electron chi connectivity index (χ1n) is 9.77. The van der Waals surface area contributed by atoms with Gasteiger partial charge in [0.2, 0.25) is 5.95 Å². The van der Waals surface area contributed by atoms with Crippen LogP contribution in [0.1, 0.15) is 25.5 Å². The molecule has 29 heavy (non-hydrogen) atoms. The summed E-state index contributed by atoms with van der Waals surface area (Å²) in [7, 11) is 0. The lowest BCUT2D eigenvalue weighted by Gasteiger charge is -2.26. The van der Waals surface area contributed by atoms with Gasteiger partial charge < -0.3 is 30.7 Å². The van der Waals surface area contributed by atoms with Crippen molar-refractivity contribution in [1.29, 1.82) is 0 Å². The zero-order valence-corrected chi connectivity index (χ0v) is 15.9. The van der Waals surface area contributed by atoms with Crippen molar-refractivity contribution in [3.63, 3.8) is 0 Å². The van der Waals surface area contributed by atoms with E-state index in [1.54, 1.807) is 0 Å². The summed E-state index contributed by atoms with van der Waals surface area (Å²) in [5.41, 5.74) is 4.48. The molecule has 0 spiro atoms. The SMILES string of the molecule is Nc1nc2c(c(=O)[nH]1)n(CCN1CCCCC1)c(=O)n2[C@@H]1O[C@H](CO)[C@@H](O)[C@H]1O. The largest absolute Gasteiger partial charge is 0.394 e. The highest BCUT2D eigenvalue weighted by molar-refractivity contribution is 5.71. The predicted octanol–water partition coefficient (Wildman–Crippen LogP) is -2.43. The summed E-state index contributed by atoms with van der Waals surface area (Å²) >= 11 is 0. The van der Waals surface area contributed by atoms with Crippen molar-refractivity contribution in [3.8, 4) is 0 Å². The molecule has 2 aromatic rings. The van der Waals surface area contributed by atoms with Crippen molar-refractivity contribution in [1.82, 2.24) is 24.0 Å². The molecule has 2 aliphatic rings. The number of nitrogens with one attached hydrogen (secondary N) is 1. The number of aromatic nitrogens is 4. The summed E-state index contributed by atoms with van der Waals surface area (Å²) in [5, 5.41) is 29.8. The van der Waals surface area contributed by atoms with Gasteiger partial charge in [-0.25, -0.2) is 9.36 Å². The van der Waals surface area contributed by atoms with Gasteiger partial charge >= 0.3 is 5.69 Å². The average molecular weight is 410 g/mol. The molecule has 2 aliphatic heterocycles. The fraction of sp³-hybridized carbons (Fsp3) is 0.706. The minimum absolute atomic E-state index is 0.0268. The van der Waals surface area contributed by atoms with Crippen LogP contribution in [0.5, 0.6) is 0 Å². The van der Waals surface area contributed by atoms with Gasteiger partial charge in [0, 0.05) is 13.1 Å². The predicted molar refractivity (Wildman–Crippen MR) is 102 cm³/mol. The van der Waals surface area contributed by atoms with E-state index in [-0.39, 0.29) is 23.7 Å². The van der Waals surface area contributed by atoms with Crippen molar-refractivity contribution in [2.45, 2.75) is 50.3 Å². The summed E-state index contributed by atoms with van der Waals surface area (Å²) in [6.07, 6.45) is -1.86. The first-order chi connectivity index (χ1) is 13.9. The Hall–Kier alpha value is -2.25. The Morgan fingerprint density at radius 1 is 1.14 bits per heavy atom. The standard InChI is InChI=1S/C17H26N6O6/c18-16-19-13-10(14(27)20-16)22(7-6-21-4-2-1-3-5-21)17(28)23(13)15-12(26)11(25)9(8-24)29-15/h9,11-12,15,24-26H,1-8H2,(H3,18,19,20,27)/t9-,11-,12-,15-/m1/s1.